The predicted octanol–water partition coefficient (Wildman–Crippen LogP) is 4.01. The Morgan fingerprint density at radius 3 is 2.76 bits per heavy atom. The van der Waals surface area contributed by atoms with Gasteiger partial charge in [-0.15, -0.1) is 0 Å². The van der Waals surface area contributed by atoms with Crippen LogP contribution in [0.5, 0.6) is 11.5 Å². The number of pyridine rings is 2. The molecule has 0 aliphatic rings. The van der Waals surface area contributed by atoms with E-state index in [1.54, 1.807) is 24.5 Å². The monoisotopic (exact) mass is 278 g/mol. The van der Waals surface area contributed by atoms with Crippen LogP contribution in [0.25, 0.3) is 10.9 Å². The SMILES string of the molecule is CCC(=O)c1ccc(Oc2cccc3ncccc23)cn1. The molecular formula is C17H14N2O2. The lowest BCUT2D eigenvalue weighted by atomic mass is 10.2. The first kappa shape index (κ1) is 13.2. The van der Waals surface area contributed by atoms with Gasteiger partial charge in [0, 0.05) is 18.0 Å². The van der Waals surface area contributed by atoms with Crippen LogP contribution in [0.2, 0.25) is 0 Å². The molecule has 0 aliphatic heterocycles. The van der Waals surface area contributed by atoms with Gasteiger partial charge in [-0.05, 0) is 36.4 Å². The van der Waals surface area contributed by atoms with Crippen LogP contribution >= 0.6 is 0 Å². The van der Waals surface area contributed by atoms with Crippen LogP contribution in [0.3, 0.4) is 0 Å². The van der Waals surface area contributed by atoms with Crippen molar-refractivity contribution in [2.45, 2.75) is 13.3 Å². The van der Waals surface area contributed by atoms with Gasteiger partial charge >= 0.3 is 0 Å². The van der Waals surface area contributed by atoms with Crippen molar-refractivity contribution in [1.82, 2.24) is 9.97 Å². The first-order valence-electron chi connectivity index (χ1n) is 6.79. The molecule has 0 amide bonds. The van der Waals surface area contributed by atoms with Crippen LogP contribution in [-0.2, 0) is 0 Å². The highest BCUT2D eigenvalue weighted by Crippen LogP contribution is 2.28. The molecule has 3 rings (SSSR count). The fraction of sp³-hybridized carbons (Fsp3) is 0.118. The fourth-order valence-corrected chi connectivity index (χ4v) is 2.08. The summed E-state index contributed by atoms with van der Waals surface area (Å²) in [6.07, 6.45) is 3.76. The summed E-state index contributed by atoms with van der Waals surface area (Å²) in [6, 6.07) is 13.0. The normalized spacial score (nSPS) is 10.5. The Bertz CT molecular complexity index is 777. The minimum absolute atomic E-state index is 0.0240. The Kier molecular flexibility index (Phi) is 3.60. The van der Waals surface area contributed by atoms with E-state index in [2.05, 4.69) is 9.97 Å². The van der Waals surface area contributed by atoms with Crippen molar-refractivity contribution in [1.29, 1.82) is 0 Å². The van der Waals surface area contributed by atoms with Crippen molar-refractivity contribution in [3.63, 3.8) is 0 Å². The Morgan fingerprint density at radius 1 is 1.10 bits per heavy atom. The number of nitrogens with zero attached hydrogens (tertiary/aromatic N) is 2. The molecule has 0 saturated heterocycles. The molecule has 1 aromatic carbocycles. The summed E-state index contributed by atoms with van der Waals surface area (Å²) >= 11 is 0. The van der Waals surface area contributed by atoms with Crippen LogP contribution in [0.1, 0.15) is 23.8 Å². The highest BCUT2D eigenvalue weighted by molar-refractivity contribution is 5.94. The number of aromatic nitrogens is 2. The Hall–Kier alpha value is -2.75. The third-order valence-corrected chi connectivity index (χ3v) is 3.18. The molecule has 0 radical (unpaired) electrons. The largest absolute Gasteiger partial charge is 0.455 e. The van der Waals surface area contributed by atoms with E-state index in [-0.39, 0.29) is 5.78 Å². The molecule has 2 heterocycles. The van der Waals surface area contributed by atoms with E-state index < -0.39 is 0 Å². The van der Waals surface area contributed by atoms with Crippen molar-refractivity contribution in [3.05, 3.63) is 60.6 Å². The molecule has 104 valence electrons. The Labute approximate surface area is 122 Å². The number of rotatable bonds is 4. The zero-order valence-electron chi connectivity index (χ0n) is 11.6. The van der Waals surface area contributed by atoms with Gasteiger partial charge in [-0.1, -0.05) is 13.0 Å². The summed E-state index contributed by atoms with van der Waals surface area (Å²) in [5, 5.41) is 0.939. The summed E-state index contributed by atoms with van der Waals surface area (Å²) in [5.41, 5.74) is 1.34. The molecule has 0 saturated carbocycles. The average molecular weight is 278 g/mol. The lowest BCUT2D eigenvalue weighted by Crippen LogP contribution is -1.99. The van der Waals surface area contributed by atoms with Crippen molar-refractivity contribution in [2.75, 3.05) is 0 Å². The van der Waals surface area contributed by atoms with Gasteiger partial charge in [0.2, 0.25) is 0 Å². The van der Waals surface area contributed by atoms with Crippen molar-refractivity contribution in [3.8, 4) is 11.5 Å². The number of Topliss-reactive ketones (excluding diaryl/α,β-unsaturated/α-hetero) is 1. The van der Waals surface area contributed by atoms with E-state index in [1.807, 2.05) is 37.3 Å². The molecule has 0 bridgehead atoms. The summed E-state index contributed by atoms with van der Waals surface area (Å²) in [6.45, 7) is 1.82. The van der Waals surface area contributed by atoms with Crippen LogP contribution in [-0.4, -0.2) is 15.8 Å². The zero-order chi connectivity index (χ0) is 14.7. The summed E-state index contributed by atoms with van der Waals surface area (Å²) < 4.78 is 5.85. The standard InChI is InChI=1S/C17H14N2O2/c1-2-16(20)15-9-8-12(11-19-15)21-17-7-3-6-14-13(17)5-4-10-18-14/h3-11H,2H2,1H3. The topological polar surface area (TPSA) is 52.1 Å². The fourth-order valence-electron chi connectivity index (χ4n) is 2.08. The molecule has 4 nitrogen and oxygen atoms in total. The van der Waals surface area contributed by atoms with E-state index in [4.69, 9.17) is 4.74 Å². The zero-order valence-corrected chi connectivity index (χ0v) is 11.6. The smallest absolute Gasteiger partial charge is 0.180 e. The lowest BCUT2D eigenvalue weighted by molar-refractivity contribution is 0.0983. The average Bonchev–Trinajstić information content (AvgIpc) is 2.55. The van der Waals surface area contributed by atoms with Gasteiger partial charge in [-0.25, -0.2) is 4.98 Å². The van der Waals surface area contributed by atoms with Crippen LogP contribution in [0.15, 0.2) is 54.9 Å². The van der Waals surface area contributed by atoms with E-state index in [0.717, 1.165) is 16.7 Å². The van der Waals surface area contributed by atoms with Gasteiger partial charge in [-0.3, -0.25) is 9.78 Å². The van der Waals surface area contributed by atoms with E-state index >= 15 is 0 Å². The van der Waals surface area contributed by atoms with Gasteiger partial charge in [0.05, 0.1) is 11.7 Å². The quantitative estimate of drug-likeness (QED) is 0.676. The maximum atomic E-state index is 11.5. The van der Waals surface area contributed by atoms with Gasteiger partial charge < -0.3 is 4.74 Å². The molecule has 0 atom stereocenters. The number of benzene rings is 1. The van der Waals surface area contributed by atoms with Gasteiger partial charge in [-0.2, -0.15) is 0 Å². The lowest BCUT2D eigenvalue weighted by Gasteiger charge is -2.08. The van der Waals surface area contributed by atoms with Crippen molar-refractivity contribution in [2.24, 2.45) is 0 Å². The second kappa shape index (κ2) is 5.71. The molecule has 0 unspecified atom stereocenters. The maximum Gasteiger partial charge on any atom is 0.180 e. The minimum atomic E-state index is 0.0240. The summed E-state index contributed by atoms with van der Waals surface area (Å²) in [5.74, 6) is 1.34. The number of ketones is 1. The van der Waals surface area contributed by atoms with Gasteiger partial charge in [0.1, 0.15) is 17.2 Å². The Morgan fingerprint density at radius 2 is 2.00 bits per heavy atom. The molecule has 0 aliphatic carbocycles. The molecule has 0 spiro atoms. The molecule has 3 aromatic rings. The second-order valence-electron chi connectivity index (χ2n) is 4.58. The Balaban J connectivity index is 1.90. The second-order valence-corrected chi connectivity index (χ2v) is 4.58. The highest BCUT2D eigenvalue weighted by Gasteiger charge is 2.07. The van der Waals surface area contributed by atoms with Gasteiger partial charge in [0.15, 0.2) is 5.78 Å². The molecule has 2 aromatic heterocycles. The summed E-state index contributed by atoms with van der Waals surface area (Å²) in [4.78, 5) is 20.0. The third kappa shape index (κ3) is 2.74. The molecule has 0 fully saturated rings. The van der Waals surface area contributed by atoms with E-state index in [9.17, 15) is 4.79 Å². The molecular weight excluding hydrogens is 264 g/mol. The molecule has 4 heteroatoms. The van der Waals surface area contributed by atoms with Crippen LogP contribution in [0.4, 0.5) is 0 Å². The number of hydrogen-bond acceptors (Lipinski definition) is 4. The van der Waals surface area contributed by atoms with Crippen molar-refractivity contribution >= 4 is 16.7 Å². The molecule has 21 heavy (non-hydrogen) atoms. The van der Waals surface area contributed by atoms with Gasteiger partial charge in [0.25, 0.3) is 0 Å². The number of hydrogen-bond donors (Lipinski definition) is 0. The van der Waals surface area contributed by atoms with Crippen LogP contribution < -0.4 is 4.74 Å². The third-order valence-electron chi connectivity index (χ3n) is 3.18. The van der Waals surface area contributed by atoms with E-state index in [1.165, 1.54) is 0 Å². The number of fused-ring (bicyclic) bond motifs is 1. The number of ether oxygens (including phenoxy) is 1. The highest BCUT2D eigenvalue weighted by atomic mass is 16.5. The summed E-state index contributed by atoms with van der Waals surface area (Å²) in [7, 11) is 0. The van der Waals surface area contributed by atoms with Crippen molar-refractivity contribution < 1.29 is 9.53 Å². The molecule has 0 N–H and O–H groups in total. The first-order chi connectivity index (χ1) is 10.3. The number of carbonyl (C=O) groups is 1. The van der Waals surface area contributed by atoms with E-state index in [0.29, 0.717) is 17.9 Å². The van der Waals surface area contributed by atoms with Crippen LogP contribution in [0, 0.1) is 0 Å². The maximum absolute atomic E-state index is 11.5. The number of carbonyl (C=O) groups excluding carboxylic acids is 1. The first-order valence-corrected chi connectivity index (χ1v) is 6.79. The predicted molar refractivity (Wildman–Crippen MR) is 80.7 cm³/mol. The minimum Gasteiger partial charge on any atom is -0.455 e.